The molecule has 1 unspecified atom stereocenters. The van der Waals surface area contributed by atoms with E-state index in [1.54, 1.807) is 0 Å². The fourth-order valence-corrected chi connectivity index (χ4v) is 2.66. The Hall–Kier alpha value is -1.34. The van der Waals surface area contributed by atoms with E-state index in [1.165, 1.54) is 11.3 Å². The molecule has 1 aliphatic carbocycles. The second-order valence-electron chi connectivity index (χ2n) is 4.30. The van der Waals surface area contributed by atoms with Crippen LogP contribution in [0.5, 0.6) is 0 Å². The monoisotopic (exact) mass is 218 g/mol. The predicted molar refractivity (Wildman–Crippen MR) is 62.0 cm³/mol. The highest BCUT2D eigenvalue weighted by atomic mass is 15.3. The Kier molecular flexibility index (Phi) is 3.25. The van der Waals surface area contributed by atoms with Crippen molar-refractivity contribution in [1.82, 2.24) is 9.78 Å². The second-order valence-corrected chi connectivity index (χ2v) is 4.30. The fraction of sp³-hybridized carbons (Fsp3) is 0.667. The molecule has 16 heavy (non-hydrogen) atoms. The van der Waals surface area contributed by atoms with Crippen LogP contribution < -0.4 is 5.73 Å². The zero-order valence-electron chi connectivity index (χ0n) is 9.74. The molecular weight excluding hydrogens is 200 g/mol. The van der Waals surface area contributed by atoms with Gasteiger partial charge in [-0.15, -0.1) is 0 Å². The quantitative estimate of drug-likeness (QED) is 0.832. The summed E-state index contributed by atoms with van der Waals surface area (Å²) in [5.41, 5.74) is 9.55. The molecule has 0 radical (unpaired) electrons. The molecule has 0 spiro atoms. The third kappa shape index (κ3) is 1.72. The van der Waals surface area contributed by atoms with Crippen molar-refractivity contribution in [2.45, 2.75) is 45.1 Å². The number of aromatic nitrogens is 2. The number of fused-ring (bicyclic) bond motifs is 1. The largest absolute Gasteiger partial charge is 0.330 e. The van der Waals surface area contributed by atoms with Gasteiger partial charge in [0.25, 0.3) is 0 Å². The summed E-state index contributed by atoms with van der Waals surface area (Å²) in [6.45, 7) is 3.17. The first-order valence-corrected chi connectivity index (χ1v) is 5.97. The molecule has 0 amide bonds. The minimum atomic E-state index is 0.361. The van der Waals surface area contributed by atoms with Crippen LogP contribution in [-0.4, -0.2) is 16.3 Å². The van der Waals surface area contributed by atoms with Crippen LogP contribution in [0.3, 0.4) is 0 Å². The van der Waals surface area contributed by atoms with E-state index in [-0.39, 0.29) is 0 Å². The van der Waals surface area contributed by atoms with Crippen LogP contribution in [0.4, 0.5) is 0 Å². The van der Waals surface area contributed by atoms with Gasteiger partial charge in [0.2, 0.25) is 0 Å². The number of aryl methyl sites for hydroxylation is 1. The van der Waals surface area contributed by atoms with E-state index in [0.29, 0.717) is 19.0 Å². The van der Waals surface area contributed by atoms with Gasteiger partial charge < -0.3 is 5.73 Å². The first-order valence-electron chi connectivity index (χ1n) is 5.97. The molecule has 0 saturated heterocycles. The number of hydrogen-bond acceptors (Lipinski definition) is 3. The Morgan fingerprint density at radius 1 is 1.62 bits per heavy atom. The molecular formula is C12H18N4. The number of hydrogen-bond donors (Lipinski definition) is 1. The van der Waals surface area contributed by atoms with Gasteiger partial charge >= 0.3 is 0 Å². The first kappa shape index (κ1) is 11.2. The third-order valence-corrected chi connectivity index (χ3v) is 3.39. The molecule has 86 valence electrons. The number of nitrogens with zero attached hydrogens (tertiary/aromatic N) is 3. The second kappa shape index (κ2) is 4.67. The summed E-state index contributed by atoms with van der Waals surface area (Å²) in [6, 6.07) is 2.17. The molecule has 0 fully saturated rings. The Morgan fingerprint density at radius 2 is 2.44 bits per heavy atom. The fourth-order valence-electron chi connectivity index (χ4n) is 2.66. The highest BCUT2D eigenvalue weighted by molar-refractivity contribution is 5.33. The maximum absolute atomic E-state index is 8.79. The lowest BCUT2D eigenvalue weighted by molar-refractivity contribution is 0.534. The number of rotatable bonds is 3. The van der Waals surface area contributed by atoms with Crippen LogP contribution in [0.15, 0.2) is 0 Å². The van der Waals surface area contributed by atoms with Crippen molar-refractivity contribution in [1.29, 1.82) is 5.26 Å². The molecule has 2 N–H and O–H groups in total. The van der Waals surface area contributed by atoms with Crippen molar-refractivity contribution in [2.75, 3.05) is 6.54 Å². The molecule has 0 aromatic carbocycles. The van der Waals surface area contributed by atoms with E-state index in [1.807, 2.05) is 4.68 Å². The van der Waals surface area contributed by atoms with E-state index < -0.39 is 0 Å². The Morgan fingerprint density at radius 3 is 3.06 bits per heavy atom. The Labute approximate surface area is 96.0 Å². The zero-order valence-corrected chi connectivity index (χ0v) is 9.74. The molecule has 1 aromatic heterocycles. The standard InChI is InChI=1S/C12H18N4/c1-2-10-12-9(8-14)4-3-5-11(12)16(15-10)7-6-13/h9H,2-5,7-8,14H2,1H3. The van der Waals surface area contributed by atoms with Crippen molar-refractivity contribution in [3.63, 3.8) is 0 Å². The topological polar surface area (TPSA) is 67.6 Å². The van der Waals surface area contributed by atoms with Gasteiger partial charge in [-0.1, -0.05) is 6.92 Å². The summed E-state index contributed by atoms with van der Waals surface area (Å²) >= 11 is 0. The van der Waals surface area contributed by atoms with Crippen LogP contribution in [0.2, 0.25) is 0 Å². The normalized spacial score (nSPS) is 19.2. The highest BCUT2D eigenvalue weighted by Crippen LogP contribution is 2.33. The van der Waals surface area contributed by atoms with E-state index in [0.717, 1.165) is 31.4 Å². The Bertz CT molecular complexity index is 413. The molecule has 4 nitrogen and oxygen atoms in total. The molecule has 0 aliphatic heterocycles. The highest BCUT2D eigenvalue weighted by Gasteiger charge is 2.26. The minimum Gasteiger partial charge on any atom is -0.330 e. The van der Waals surface area contributed by atoms with E-state index in [9.17, 15) is 0 Å². The smallest absolute Gasteiger partial charge is 0.128 e. The molecule has 1 atom stereocenters. The van der Waals surface area contributed by atoms with Gasteiger partial charge in [0.05, 0.1) is 11.8 Å². The van der Waals surface area contributed by atoms with Crippen molar-refractivity contribution in [3.8, 4) is 6.07 Å². The zero-order chi connectivity index (χ0) is 11.5. The van der Waals surface area contributed by atoms with Crippen molar-refractivity contribution in [3.05, 3.63) is 17.0 Å². The number of nitriles is 1. The van der Waals surface area contributed by atoms with Crippen molar-refractivity contribution in [2.24, 2.45) is 5.73 Å². The lowest BCUT2D eigenvalue weighted by atomic mass is 9.85. The van der Waals surface area contributed by atoms with Crippen LogP contribution in [0.1, 0.15) is 42.6 Å². The average Bonchev–Trinajstić information content (AvgIpc) is 2.68. The van der Waals surface area contributed by atoms with Gasteiger partial charge in [0.1, 0.15) is 6.54 Å². The lowest BCUT2D eigenvalue weighted by Crippen LogP contribution is -2.19. The molecule has 4 heteroatoms. The number of nitrogens with two attached hydrogens (primary N) is 1. The van der Waals surface area contributed by atoms with Crippen LogP contribution >= 0.6 is 0 Å². The molecule has 1 aliphatic rings. The van der Waals surface area contributed by atoms with E-state index in [2.05, 4.69) is 18.1 Å². The molecule has 0 saturated carbocycles. The summed E-state index contributed by atoms with van der Waals surface area (Å²) in [5.74, 6) is 0.450. The Balaban J connectivity index is 2.47. The summed E-state index contributed by atoms with van der Waals surface area (Å²) in [7, 11) is 0. The lowest BCUT2D eigenvalue weighted by Gasteiger charge is -2.22. The average molecular weight is 218 g/mol. The van der Waals surface area contributed by atoms with Gasteiger partial charge in [0.15, 0.2) is 0 Å². The van der Waals surface area contributed by atoms with Gasteiger partial charge in [-0.25, -0.2) is 0 Å². The summed E-state index contributed by atoms with van der Waals surface area (Å²) in [5, 5.41) is 13.3. The van der Waals surface area contributed by atoms with Crippen molar-refractivity contribution < 1.29 is 0 Å². The molecule has 1 heterocycles. The first-order chi connectivity index (χ1) is 7.81. The maximum Gasteiger partial charge on any atom is 0.128 e. The van der Waals surface area contributed by atoms with Gasteiger partial charge in [-0.2, -0.15) is 10.4 Å². The van der Waals surface area contributed by atoms with E-state index in [4.69, 9.17) is 11.0 Å². The maximum atomic E-state index is 8.79. The molecule has 0 bridgehead atoms. The van der Waals surface area contributed by atoms with Gasteiger partial charge in [0, 0.05) is 11.3 Å². The van der Waals surface area contributed by atoms with Crippen LogP contribution in [0.25, 0.3) is 0 Å². The van der Waals surface area contributed by atoms with E-state index >= 15 is 0 Å². The summed E-state index contributed by atoms with van der Waals surface area (Å²) in [4.78, 5) is 0. The third-order valence-electron chi connectivity index (χ3n) is 3.39. The molecule has 1 aromatic rings. The summed E-state index contributed by atoms with van der Waals surface area (Å²) < 4.78 is 1.87. The van der Waals surface area contributed by atoms with Crippen LogP contribution in [-0.2, 0) is 19.4 Å². The van der Waals surface area contributed by atoms with Crippen molar-refractivity contribution >= 4 is 0 Å². The molecule has 2 rings (SSSR count). The SMILES string of the molecule is CCc1nn(CC#N)c2c1C(CN)CCC2. The summed E-state index contributed by atoms with van der Waals surface area (Å²) in [6.07, 6.45) is 4.29. The van der Waals surface area contributed by atoms with Gasteiger partial charge in [-0.3, -0.25) is 4.68 Å². The predicted octanol–water partition coefficient (Wildman–Crippen LogP) is 1.35. The van der Waals surface area contributed by atoms with Crippen LogP contribution in [0, 0.1) is 11.3 Å². The van der Waals surface area contributed by atoms with Gasteiger partial charge in [-0.05, 0) is 38.1 Å². The minimum absolute atomic E-state index is 0.361.